The van der Waals surface area contributed by atoms with Crippen LogP contribution in [0.15, 0.2) is 11.6 Å². The molecule has 0 aromatic rings. The summed E-state index contributed by atoms with van der Waals surface area (Å²) in [6.07, 6.45) is 4.75. The van der Waals surface area contributed by atoms with Crippen LogP contribution in [0.5, 0.6) is 0 Å². The highest BCUT2D eigenvalue weighted by atomic mass is 16.1. The van der Waals surface area contributed by atoms with Gasteiger partial charge in [0.25, 0.3) is 0 Å². The van der Waals surface area contributed by atoms with Gasteiger partial charge in [-0.1, -0.05) is 11.6 Å². The van der Waals surface area contributed by atoms with Crippen LogP contribution in [-0.2, 0) is 9.59 Å². The minimum absolute atomic E-state index is 0.168. The highest BCUT2D eigenvalue weighted by molar-refractivity contribution is 5.91. The SMILES string of the molecule is CC=C1CCC(=O)C1(C)CCC(C)=O. The Morgan fingerprint density at radius 1 is 1.50 bits per heavy atom. The van der Waals surface area contributed by atoms with E-state index in [0.717, 1.165) is 6.42 Å². The molecule has 1 unspecified atom stereocenters. The van der Waals surface area contributed by atoms with Gasteiger partial charge in [-0.2, -0.15) is 0 Å². The third kappa shape index (κ3) is 1.94. The number of allylic oxidation sites excluding steroid dienone is 2. The molecule has 0 aliphatic heterocycles. The van der Waals surface area contributed by atoms with Crippen molar-refractivity contribution < 1.29 is 9.59 Å². The Bertz CT molecular complexity index is 289. The lowest BCUT2D eigenvalue weighted by Gasteiger charge is -2.23. The first kappa shape index (κ1) is 11.2. The zero-order chi connectivity index (χ0) is 10.8. The Labute approximate surface area is 85.4 Å². The number of rotatable bonds is 3. The van der Waals surface area contributed by atoms with Gasteiger partial charge in [-0.3, -0.25) is 4.79 Å². The Morgan fingerprint density at radius 3 is 2.64 bits per heavy atom. The standard InChI is InChI=1S/C12H18O2/c1-4-10-5-6-11(14)12(10,3)8-7-9(2)13/h4H,5-8H2,1-3H3. The number of hydrogen-bond acceptors (Lipinski definition) is 2. The smallest absolute Gasteiger partial charge is 0.143 e. The topological polar surface area (TPSA) is 34.1 Å². The predicted molar refractivity (Wildman–Crippen MR) is 56.0 cm³/mol. The van der Waals surface area contributed by atoms with Crippen molar-refractivity contribution in [3.05, 3.63) is 11.6 Å². The summed E-state index contributed by atoms with van der Waals surface area (Å²) in [5.41, 5.74) is 0.865. The average molecular weight is 194 g/mol. The molecular weight excluding hydrogens is 176 g/mol. The van der Waals surface area contributed by atoms with Crippen LogP contribution in [0.2, 0.25) is 0 Å². The normalized spacial score (nSPS) is 29.9. The molecule has 14 heavy (non-hydrogen) atoms. The Balaban J connectivity index is 2.78. The van der Waals surface area contributed by atoms with Crippen molar-refractivity contribution >= 4 is 11.6 Å². The third-order valence-corrected chi connectivity index (χ3v) is 3.27. The van der Waals surface area contributed by atoms with Crippen LogP contribution in [0.3, 0.4) is 0 Å². The summed E-state index contributed by atoms with van der Waals surface area (Å²) in [6.45, 7) is 5.53. The van der Waals surface area contributed by atoms with E-state index in [1.807, 2.05) is 19.9 Å². The fourth-order valence-corrected chi connectivity index (χ4v) is 2.17. The van der Waals surface area contributed by atoms with Crippen LogP contribution in [0.25, 0.3) is 0 Å². The van der Waals surface area contributed by atoms with Crippen molar-refractivity contribution in [2.45, 2.75) is 46.5 Å². The molecule has 1 atom stereocenters. The van der Waals surface area contributed by atoms with E-state index in [4.69, 9.17) is 0 Å². The maximum Gasteiger partial charge on any atom is 0.143 e. The van der Waals surface area contributed by atoms with Crippen molar-refractivity contribution in [2.75, 3.05) is 0 Å². The van der Waals surface area contributed by atoms with E-state index in [1.165, 1.54) is 5.57 Å². The molecule has 0 aromatic carbocycles. The molecule has 1 aliphatic rings. The fourth-order valence-electron chi connectivity index (χ4n) is 2.17. The zero-order valence-electron chi connectivity index (χ0n) is 9.22. The molecule has 1 fully saturated rings. The number of ketones is 2. The van der Waals surface area contributed by atoms with Gasteiger partial charge in [-0.25, -0.2) is 0 Å². The zero-order valence-corrected chi connectivity index (χ0v) is 9.22. The van der Waals surface area contributed by atoms with Crippen LogP contribution in [0.4, 0.5) is 0 Å². The Morgan fingerprint density at radius 2 is 2.14 bits per heavy atom. The Hall–Kier alpha value is -0.920. The van der Waals surface area contributed by atoms with Gasteiger partial charge in [0.1, 0.15) is 11.6 Å². The average Bonchev–Trinajstić information content (AvgIpc) is 2.41. The first-order valence-corrected chi connectivity index (χ1v) is 5.19. The monoisotopic (exact) mass is 194 g/mol. The van der Waals surface area contributed by atoms with Gasteiger partial charge in [-0.15, -0.1) is 0 Å². The second kappa shape index (κ2) is 4.07. The maximum absolute atomic E-state index is 11.7. The van der Waals surface area contributed by atoms with Crippen LogP contribution >= 0.6 is 0 Å². The van der Waals surface area contributed by atoms with Crippen LogP contribution < -0.4 is 0 Å². The van der Waals surface area contributed by atoms with E-state index in [-0.39, 0.29) is 11.2 Å². The summed E-state index contributed by atoms with van der Waals surface area (Å²) in [7, 11) is 0. The molecule has 0 amide bonds. The summed E-state index contributed by atoms with van der Waals surface area (Å²) in [4.78, 5) is 22.6. The third-order valence-electron chi connectivity index (χ3n) is 3.27. The first-order chi connectivity index (χ1) is 6.50. The molecule has 1 aliphatic carbocycles. The molecule has 2 nitrogen and oxygen atoms in total. The predicted octanol–water partition coefficient (Wildman–Crippen LogP) is 2.67. The largest absolute Gasteiger partial charge is 0.300 e. The van der Waals surface area contributed by atoms with Crippen LogP contribution in [0, 0.1) is 5.41 Å². The minimum Gasteiger partial charge on any atom is -0.300 e. The number of Topliss-reactive ketones (excluding diaryl/α,β-unsaturated/α-hetero) is 2. The molecule has 1 rings (SSSR count). The lowest BCUT2D eigenvalue weighted by atomic mass is 9.79. The van der Waals surface area contributed by atoms with Crippen molar-refractivity contribution in [3.63, 3.8) is 0 Å². The number of hydrogen-bond donors (Lipinski definition) is 0. The molecule has 0 bridgehead atoms. The molecule has 1 saturated carbocycles. The molecule has 0 aromatic heterocycles. The molecule has 0 N–H and O–H groups in total. The van der Waals surface area contributed by atoms with Crippen molar-refractivity contribution in [3.8, 4) is 0 Å². The first-order valence-electron chi connectivity index (χ1n) is 5.19. The second-order valence-electron chi connectivity index (χ2n) is 4.27. The van der Waals surface area contributed by atoms with Gasteiger partial charge in [0.05, 0.1) is 0 Å². The minimum atomic E-state index is -0.347. The molecule has 0 heterocycles. The molecule has 2 heteroatoms. The van der Waals surface area contributed by atoms with E-state index >= 15 is 0 Å². The van der Waals surface area contributed by atoms with Crippen molar-refractivity contribution in [1.82, 2.24) is 0 Å². The van der Waals surface area contributed by atoms with E-state index < -0.39 is 0 Å². The van der Waals surface area contributed by atoms with Gasteiger partial charge >= 0.3 is 0 Å². The van der Waals surface area contributed by atoms with Crippen molar-refractivity contribution in [2.24, 2.45) is 5.41 Å². The lowest BCUT2D eigenvalue weighted by molar-refractivity contribution is -0.124. The van der Waals surface area contributed by atoms with Crippen molar-refractivity contribution in [1.29, 1.82) is 0 Å². The quantitative estimate of drug-likeness (QED) is 0.647. The van der Waals surface area contributed by atoms with E-state index in [9.17, 15) is 9.59 Å². The molecule has 0 saturated heterocycles. The maximum atomic E-state index is 11.7. The van der Waals surface area contributed by atoms with Gasteiger partial charge in [0.15, 0.2) is 0 Å². The van der Waals surface area contributed by atoms with Crippen LogP contribution in [0.1, 0.15) is 46.5 Å². The van der Waals surface area contributed by atoms with Crippen LogP contribution in [-0.4, -0.2) is 11.6 Å². The molecular formula is C12H18O2. The number of carbonyl (C=O) groups excluding carboxylic acids is 2. The summed E-state index contributed by atoms with van der Waals surface area (Å²) in [5, 5.41) is 0. The summed E-state index contributed by atoms with van der Waals surface area (Å²) >= 11 is 0. The highest BCUT2D eigenvalue weighted by Gasteiger charge is 2.40. The van der Waals surface area contributed by atoms with Gasteiger partial charge in [0, 0.05) is 18.3 Å². The summed E-state index contributed by atoms with van der Waals surface area (Å²) in [6, 6.07) is 0. The van der Waals surface area contributed by atoms with E-state index in [2.05, 4.69) is 0 Å². The fraction of sp³-hybridized carbons (Fsp3) is 0.667. The van der Waals surface area contributed by atoms with Gasteiger partial charge in [0.2, 0.25) is 0 Å². The van der Waals surface area contributed by atoms with Gasteiger partial charge < -0.3 is 4.79 Å². The molecule has 78 valence electrons. The Kier molecular flexibility index (Phi) is 3.25. The molecule has 0 radical (unpaired) electrons. The second-order valence-corrected chi connectivity index (χ2v) is 4.27. The number of carbonyl (C=O) groups is 2. The summed E-state index contributed by atoms with van der Waals surface area (Å²) < 4.78 is 0. The lowest BCUT2D eigenvalue weighted by Crippen LogP contribution is -2.24. The van der Waals surface area contributed by atoms with Gasteiger partial charge in [-0.05, 0) is 33.6 Å². The molecule has 0 spiro atoms. The highest BCUT2D eigenvalue weighted by Crippen LogP contribution is 2.43. The van der Waals surface area contributed by atoms with E-state index in [0.29, 0.717) is 25.0 Å². The summed E-state index contributed by atoms with van der Waals surface area (Å²) in [5.74, 6) is 0.466. The van der Waals surface area contributed by atoms with E-state index in [1.54, 1.807) is 6.92 Å².